The molecular weight excluding hydrogens is 430 g/mol. The quantitative estimate of drug-likeness (QED) is 0.405. The predicted molar refractivity (Wildman–Crippen MR) is 115 cm³/mol. The summed E-state index contributed by atoms with van der Waals surface area (Å²) in [5, 5.41) is 0.923. The first kappa shape index (κ1) is 20.0. The number of carbonyl (C=O) groups is 1. The fourth-order valence-electron chi connectivity index (χ4n) is 3.23. The van der Waals surface area contributed by atoms with E-state index in [2.05, 4.69) is 14.7 Å². The number of ether oxygens (including phenoxy) is 1. The number of pyridine rings is 1. The predicted octanol–water partition coefficient (Wildman–Crippen LogP) is 3.64. The maximum atomic E-state index is 12.8. The molecule has 4 aromatic rings. The number of hydrogen-bond donors (Lipinski definition) is 3. The van der Waals surface area contributed by atoms with Gasteiger partial charge >= 0.3 is 5.97 Å². The third-order valence-corrected chi connectivity index (χ3v) is 6.40. The zero-order chi connectivity index (χ0) is 21.5. The normalized spacial score (nSPS) is 11.7. The second-order valence-electron chi connectivity index (χ2n) is 6.42. The molecule has 4 rings (SSSR count). The highest BCUT2D eigenvalue weighted by atomic mass is 35.5. The molecule has 2 aromatic carbocycles. The number of H-pyrrole nitrogens is 2. The molecule has 0 spiro atoms. The molecule has 0 saturated carbocycles. The second-order valence-corrected chi connectivity index (χ2v) is 8.48. The van der Waals surface area contributed by atoms with E-state index in [1.54, 1.807) is 31.2 Å². The molecule has 0 bridgehead atoms. The van der Waals surface area contributed by atoms with Crippen LogP contribution < -0.4 is 10.3 Å². The van der Waals surface area contributed by atoms with E-state index in [1.165, 1.54) is 24.4 Å². The third-order valence-electron chi connectivity index (χ3n) is 4.52. The molecule has 0 radical (unpaired) electrons. The second kappa shape index (κ2) is 7.51. The van der Waals surface area contributed by atoms with Crippen molar-refractivity contribution in [2.24, 2.45) is 0 Å². The molecule has 0 amide bonds. The van der Waals surface area contributed by atoms with E-state index in [0.29, 0.717) is 16.3 Å². The number of aromatic nitrogens is 2. The molecule has 0 unspecified atom stereocenters. The molecule has 30 heavy (non-hydrogen) atoms. The van der Waals surface area contributed by atoms with Gasteiger partial charge in [0.1, 0.15) is 10.4 Å². The topological polar surface area (TPSA) is 121 Å². The van der Waals surface area contributed by atoms with E-state index in [9.17, 15) is 18.0 Å². The van der Waals surface area contributed by atoms with E-state index in [-0.39, 0.29) is 33.3 Å². The van der Waals surface area contributed by atoms with E-state index in [1.807, 2.05) is 0 Å². The van der Waals surface area contributed by atoms with Crippen molar-refractivity contribution in [2.75, 3.05) is 11.3 Å². The summed E-state index contributed by atoms with van der Waals surface area (Å²) in [5.41, 5.74) is 0.660. The standard InChI is InChI=1S/C20H16ClN3O5S/c1-2-29-20(26)13-10-22-18-17(13)12-9-11(7-8-15(12)23-19(18)25)24-30(27,28)16-6-4-3-5-14(16)21/h3-10,22,24H,2H2,1H3,(H,23,25). The van der Waals surface area contributed by atoms with E-state index in [0.717, 1.165) is 0 Å². The number of anilines is 1. The van der Waals surface area contributed by atoms with Crippen molar-refractivity contribution in [3.8, 4) is 0 Å². The number of benzene rings is 2. The number of nitrogens with one attached hydrogen (secondary N) is 3. The van der Waals surface area contributed by atoms with Gasteiger partial charge in [0.15, 0.2) is 0 Å². The van der Waals surface area contributed by atoms with E-state index in [4.69, 9.17) is 16.3 Å². The van der Waals surface area contributed by atoms with Gasteiger partial charge < -0.3 is 14.7 Å². The van der Waals surface area contributed by atoms with Crippen LogP contribution in [0.15, 0.2) is 58.4 Å². The van der Waals surface area contributed by atoms with Crippen molar-refractivity contribution in [1.82, 2.24) is 9.97 Å². The molecule has 0 saturated heterocycles. The van der Waals surface area contributed by atoms with Crippen LogP contribution in [0.5, 0.6) is 0 Å². The molecular formula is C20H16ClN3O5S. The fraction of sp³-hybridized carbons (Fsp3) is 0.100. The van der Waals surface area contributed by atoms with Gasteiger partial charge in [-0.05, 0) is 37.3 Å². The first-order valence-corrected chi connectivity index (χ1v) is 10.8. The van der Waals surface area contributed by atoms with Crippen LogP contribution in [-0.4, -0.2) is 31.0 Å². The summed E-state index contributed by atoms with van der Waals surface area (Å²) in [5.74, 6) is -0.585. The van der Waals surface area contributed by atoms with Crippen molar-refractivity contribution >= 4 is 55.1 Å². The Hall–Kier alpha value is -3.30. The van der Waals surface area contributed by atoms with Gasteiger partial charge in [-0.25, -0.2) is 13.2 Å². The summed E-state index contributed by atoms with van der Waals surface area (Å²) in [6.45, 7) is 1.86. The molecule has 0 fully saturated rings. The highest BCUT2D eigenvalue weighted by Crippen LogP contribution is 2.29. The Labute approximate surface area is 175 Å². The van der Waals surface area contributed by atoms with Gasteiger partial charge in [-0.3, -0.25) is 9.52 Å². The van der Waals surface area contributed by atoms with E-state index < -0.39 is 21.6 Å². The summed E-state index contributed by atoms with van der Waals surface area (Å²) in [4.78, 5) is 30.1. The Balaban J connectivity index is 1.88. The van der Waals surface area contributed by atoms with Gasteiger partial charge in [-0.2, -0.15) is 0 Å². The highest BCUT2D eigenvalue weighted by Gasteiger charge is 2.20. The molecule has 0 aliphatic carbocycles. The summed E-state index contributed by atoms with van der Waals surface area (Å²) >= 11 is 6.02. The third kappa shape index (κ3) is 3.42. The maximum absolute atomic E-state index is 12.8. The number of halogens is 1. The van der Waals surface area contributed by atoms with Crippen LogP contribution in [0, 0.1) is 0 Å². The fourth-order valence-corrected chi connectivity index (χ4v) is 4.80. The Morgan fingerprint density at radius 2 is 1.97 bits per heavy atom. The van der Waals surface area contributed by atoms with Crippen molar-refractivity contribution < 1.29 is 17.9 Å². The van der Waals surface area contributed by atoms with Crippen LogP contribution in [-0.2, 0) is 14.8 Å². The first-order chi connectivity index (χ1) is 14.3. The first-order valence-electron chi connectivity index (χ1n) is 8.93. The number of esters is 1. The molecule has 0 atom stereocenters. The number of aromatic amines is 2. The maximum Gasteiger partial charge on any atom is 0.340 e. The summed E-state index contributed by atoms with van der Waals surface area (Å²) in [6, 6.07) is 10.7. The molecule has 2 heterocycles. The average molecular weight is 446 g/mol. The smallest absolute Gasteiger partial charge is 0.340 e. The summed E-state index contributed by atoms with van der Waals surface area (Å²) < 4.78 is 33.1. The minimum absolute atomic E-state index is 0.0627. The highest BCUT2D eigenvalue weighted by molar-refractivity contribution is 7.92. The van der Waals surface area contributed by atoms with Crippen LogP contribution >= 0.6 is 11.6 Å². The Kier molecular flexibility index (Phi) is 5.00. The SMILES string of the molecule is CCOC(=O)c1c[nH]c2c(=O)[nH]c3ccc(NS(=O)(=O)c4ccccc4Cl)cc3c12. The lowest BCUT2D eigenvalue weighted by Crippen LogP contribution is -2.13. The molecule has 3 N–H and O–H groups in total. The van der Waals surface area contributed by atoms with Crippen molar-refractivity contribution in [3.63, 3.8) is 0 Å². The summed E-state index contributed by atoms with van der Waals surface area (Å²) in [7, 11) is -3.95. The molecule has 0 aliphatic rings. The minimum atomic E-state index is -3.95. The minimum Gasteiger partial charge on any atom is -0.462 e. The summed E-state index contributed by atoms with van der Waals surface area (Å²) in [6.07, 6.45) is 1.40. The van der Waals surface area contributed by atoms with Crippen molar-refractivity contribution in [1.29, 1.82) is 0 Å². The van der Waals surface area contributed by atoms with Gasteiger partial charge in [0, 0.05) is 28.2 Å². The number of fused-ring (bicyclic) bond motifs is 3. The van der Waals surface area contributed by atoms with Crippen molar-refractivity contribution in [2.45, 2.75) is 11.8 Å². The lowest BCUT2D eigenvalue weighted by atomic mass is 10.1. The molecule has 0 aliphatic heterocycles. The van der Waals surface area contributed by atoms with Crippen LogP contribution in [0.25, 0.3) is 21.8 Å². The molecule has 2 aromatic heterocycles. The van der Waals surface area contributed by atoms with E-state index >= 15 is 0 Å². The lowest BCUT2D eigenvalue weighted by molar-refractivity contribution is 0.0529. The van der Waals surface area contributed by atoms with Gasteiger partial charge in [0.25, 0.3) is 15.6 Å². The van der Waals surface area contributed by atoms with Crippen LogP contribution in [0.1, 0.15) is 17.3 Å². The molecule has 10 heteroatoms. The van der Waals surface area contributed by atoms with Crippen LogP contribution in [0.4, 0.5) is 5.69 Å². The Morgan fingerprint density at radius 1 is 1.20 bits per heavy atom. The largest absolute Gasteiger partial charge is 0.462 e. The monoisotopic (exact) mass is 445 g/mol. The van der Waals surface area contributed by atoms with Crippen LogP contribution in [0.2, 0.25) is 5.02 Å². The van der Waals surface area contributed by atoms with Gasteiger partial charge in [-0.15, -0.1) is 0 Å². The number of hydrogen-bond acceptors (Lipinski definition) is 5. The molecule has 154 valence electrons. The van der Waals surface area contributed by atoms with Gasteiger partial charge in [0.05, 0.1) is 17.2 Å². The number of sulfonamides is 1. The van der Waals surface area contributed by atoms with Crippen LogP contribution in [0.3, 0.4) is 0 Å². The van der Waals surface area contributed by atoms with Gasteiger partial charge in [-0.1, -0.05) is 23.7 Å². The Morgan fingerprint density at radius 3 is 2.70 bits per heavy atom. The van der Waals surface area contributed by atoms with Gasteiger partial charge in [0.2, 0.25) is 0 Å². The zero-order valence-electron chi connectivity index (χ0n) is 15.7. The Bertz CT molecular complexity index is 1460. The number of carbonyl (C=O) groups excluding carboxylic acids is 1. The number of rotatable bonds is 5. The zero-order valence-corrected chi connectivity index (χ0v) is 17.2. The lowest BCUT2D eigenvalue weighted by Gasteiger charge is -2.11. The van der Waals surface area contributed by atoms with Crippen molar-refractivity contribution in [3.05, 3.63) is 69.6 Å². The molecule has 8 nitrogen and oxygen atoms in total. The average Bonchev–Trinajstić information content (AvgIpc) is 3.15.